The van der Waals surface area contributed by atoms with Gasteiger partial charge in [0.15, 0.2) is 0 Å². The maximum absolute atomic E-state index is 4.59. The number of piperidine rings is 1. The molecule has 26 heavy (non-hydrogen) atoms. The van der Waals surface area contributed by atoms with E-state index >= 15 is 0 Å². The van der Waals surface area contributed by atoms with Crippen molar-refractivity contribution in [3.8, 4) is 11.1 Å². The van der Waals surface area contributed by atoms with Crippen LogP contribution in [0.5, 0.6) is 0 Å². The molecule has 2 aliphatic rings. The van der Waals surface area contributed by atoms with Crippen molar-refractivity contribution in [2.75, 3.05) is 13.1 Å². The molecule has 1 saturated heterocycles. The third-order valence-electron chi connectivity index (χ3n) is 6.76. The third-order valence-corrected chi connectivity index (χ3v) is 6.76. The molecule has 2 heterocycles. The summed E-state index contributed by atoms with van der Waals surface area (Å²) in [6.45, 7) is 11.8. The van der Waals surface area contributed by atoms with E-state index < -0.39 is 0 Å². The first-order chi connectivity index (χ1) is 12.4. The molecule has 0 atom stereocenters. The van der Waals surface area contributed by atoms with Gasteiger partial charge in [0, 0.05) is 18.0 Å². The van der Waals surface area contributed by atoms with Gasteiger partial charge in [-0.3, -0.25) is 4.98 Å². The molecule has 2 nitrogen and oxygen atoms in total. The van der Waals surface area contributed by atoms with Crippen LogP contribution in [0, 0.1) is 0 Å². The van der Waals surface area contributed by atoms with Crippen molar-refractivity contribution in [3.05, 3.63) is 53.3 Å². The fourth-order valence-electron chi connectivity index (χ4n) is 4.76. The van der Waals surface area contributed by atoms with E-state index in [9.17, 15) is 0 Å². The Kier molecular flexibility index (Phi) is 4.43. The number of hydrogen-bond donors (Lipinski definition) is 1. The number of aromatic nitrogens is 1. The van der Waals surface area contributed by atoms with Crippen LogP contribution in [0.1, 0.15) is 76.0 Å². The number of pyridine rings is 1. The van der Waals surface area contributed by atoms with Crippen molar-refractivity contribution in [1.82, 2.24) is 10.3 Å². The van der Waals surface area contributed by atoms with Crippen LogP contribution in [-0.2, 0) is 10.8 Å². The molecule has 1 aromatic heterocycles. The van der Waals surface area contributed by atoms with E-state index in [1.807, 2.05) is 6.20 Å². The zero-order valence-electron chi connectivity index (χ0n) is 16.7. The van der Waals surface area contributed by atoms with Gasteiger partial charge >= 0.3 is 0 Å². The molecule has 1 aliphatic carbocycles. The highest BCUT2D eigenvalue weighted by molar-refractivity contribution is 5.66. The summed E-state index contributed by atoms with van der Waals surface area (Å²) in [7, 11) is 0. The fraction of sp³-hybridized carbons (Fsp3) is 0.542. The Morgan fingerprint density at radius 3 is 2.27 bits per heavy atom. The second-order valence-corrected chi connectivity index (χ2v) is 9.56. The molecule has 1 aliphatic heterocycles. The minimum absolute atomic E-state index is 0.251. The predicted molar refractivity (Wildman–Crippen MR) is 110 cm³/mol. The van der Waals surface area contributed by atoms with E-state index in [0.29, 0.717) is 5.92 Å². The highest BCUT2D eigenvalue weighted by Gasteiger charge is 2.37. The Bertz CT molecular complexity index is 798. The lowest BCUT2D eigenvalue weighted by molar-refractivity contribution is 0.332. The van der Waals surface area contributed by atoms with E-state index in [2.05, 4.69) is 68.5 Å². The number of benzene rings is 1. The molecule has 0 amide bonds. The zero-order chi connectivity index (χ0) is 18.4. The molecule has 1 fully saturated rings. The lowest BCUT2D eigenvalue weighted by atomic mass is 9.63. The first-order valence-electron chi connectivity index (χ1n) is 10.2. The van der Waals surface area contributed by atoms with Gasteiger partial charge in [-0.25, -0.2) is 0 Å². The Hall–Kier alpha value is -1.67. The van der Waals surface area contributed by atoms with Crippen LogP contribution in [0.3, 0.4) is 0 Å². The van der Waals surface area contributed by atoms with E-state index in [4.69, 9.17) is 0 Å². The Morgan fingerprint density at radius 2 is 1.54 bits per heavy atom. The van der Waals surface area contributed by atoms with Crippen molar-refractivity contribution in [2.24, 2.45) is 0 Å². The summed E-state index contributed by atoms with van der Waals surface area (Å²) < 4.78 is 0. The Morgan fingerprint density at radius 1 is 0.846 bits per heavy atom. The van der Waals surface area contributed by atoms with Crippen LogP contribution in [-0.4, -0.2) is 18.1 Å². The molecule has 4 rings (SSSR count). The molecule has 0 saturated carbocycles. The van der Waals surface area contributed by atoms with Gasteiger partial charge in [0.1, 0.15) is 0 Å². The highest BCUT2D eigenvalue weighted by Crippen LogP contribution is 2.46. The topological polar surface area (TPSA) is 24.9 Å². The number of nitrogens with one attached hydrogen (secondary N) is 1. The lowest BCUT2D eigenvalue weighted by Gasteiger charge is -2.42. The number of nitrogens with zero attached hydrogens (tertiary/aromatic N) is 1. The second kappa shape index (κ2) is 6.49. The number of hydrogen-bond acceptors (Lipinski definition) is 2. The lowest BCUT2D eigenvalue weighted by Crippen LogP contribution is -2.33. The van der Waals surface area contributed by atoms with Gasteiger partial charge in [-0.2, -0.15) is 0 Å². The van der Waals surface area contributed by atoms with Crippen LogP contribution >= 0.6 is 0 Å². The molecule has 1 aromatic carbocycles. The highest BCUT2D eigenvalue weighted by atomic mass is 14.9. The van der Waals surface area contributed by atoms with E-state index in [0.717, 1.165) is 13.1 Å². The molecule has 1 N–H and O–H groups in total. The molecular weight excluding hydrogens is 316 g/mol. The first kappa shape index (κ1) is 17.7. The van der Waals surface area contributed by atoms with E-state index in [1.54, 1.807) is 0 Å². The van der Waals surface area contributed by atoms with Gasteiger partial charge in [0.05, 0.1) is 0 Å². The van der Waals surface area contributed by atoms with Crippen LogP contribution in [0.4, 0.5) is 0 Å². The van der Waals surface area contributed by atoms with Crippen molar-refractivity contribution in [1.29, 1.82) is 0 Å². The first-order valence-corrected chi connectivity index (χ1v) is 10.2. The molecule has 138 valence electrons. The summed E-state index contributed by atoms with van der Waals surface area (Å²) in [6.07, 6.45) is 9.06. The maximum atomic E-state index is 4.59. The van der Waals surface area contributed by atoms with Crippen molar-refractivity contribution >= 4 is 0 Å². The standard InChI is InChI=1S/C24H32N2/c1-23(2)9-10-24(3,4)22-14-18(5-6-21(22)23)20-13-19(15-26-16-20)17-7-11-25-12-8-17/h5-6,13-17,25H,7-12H2,1-4H3. The molecule has 0 unspecified atom stereocenters. The van der Waals surface area contributed by atoms with Gasteiger partial charge in [-0.05, 0) is 83.8 Å². The molecule has 0 radical (unpaired) electrons. The van der Waals surface area contributed by atoms with E-state index in [-0.39, 0.29) is 10.8 Å². The van der Waals surface area contributed by atoms with Crippen molar-refractivity contribution in [2.45, 2.75) is 70.1 Å². The average Bonchev–Trinajstić information content (AvgIpc) is 2.66. The van der Waals surface area contributed by atoms with Crippen LogP contribution in [0.15, 0.2) is 36.7 Å². The minimum atomic E-state index is 0.251. The van der Waals surface area contributed by atoms with Gasteiger partial charge in [0.2, 0.25) is 0 Å². The summed E-state index contributed by atoms with van der Waals surface area (Å²) in [6, 6.07) is 9.51. The summed E-state index contributed by atoms with van der Waals surface area (Å²) >= 11 is 0. The van der Waals surface area contributed by atoms with Gasteiger partial charge in [0.25, 0.3) is 0 Å². The average molecular weight is 349 g/mol. The van der Waals surface area contributed by atoms with Crippen molar-refractivity contribution < 1.29 is 0 Å². The molecular formula is C24H32N2. The van der Waals surface area contributed by atoms with Gasteiger partial charge in [-0.15, -0.1) is 0 Å². The number of fused-ring (bicyclic) bond motifs is 1. The third kappa shape index (κ3) is 3.20. The van der Waals surface area contributed by atoms with Crippen LogP contribution < -0.4 is 5.32 Å². The Labute approximate surface area is 158 Å². The summed E-state index contributed by atoms with van der Waals surface area (Å²) in [5.74, 6) is 0.650. The monoisotopic (exact) mass is 348 g/mol. The van der Waals surface area contributed by atoms with Crippen LogP contribution in [0.2, 0.25) is 0 Å². The summed E-state index contributed by atoms with van der Waals surface area (Å²) in [5, 5.41) is 3.46. The van der Waals surface area contributed by atoms with E-state index in [1.165, 1.54) is 53.5 Å². The van der Waals surface area contributed by atoms with Crippen molar-refractivity contribution in [3.63, 3.8) is 0 Å². The maximum Gasteiger partial charge on any atom is 0.0346 e. The second-order valence-electron chi connectivity index (χ2n) is 9.56. The molecule has 0 spiro atoms. The summed E-state index contributed by atoms with van der Waals surface area (Å²) in [5.41, 5.74) is 7.57. The molecule has 2 aromatic rings. The van der Waals surface area contributed by atoms with Gasteiger partial charge < -0.3 is 5.32 Å². The van der Waals surface area contributed by atoms with Crippen LogP contribution in [0.25, 0.3) is 11.1 Å². The smallest absolute Gasteiger partial charge is 0.0346 e. The fourth-order valence-corrected chi connectivity index (χ4v) is 4.76. The molecule has 0 bridgehead atoms. The number of rotatable bonds is 2. The predicted octanol–water partition coefficient (Wildman–Crippen LogP) is 5.56. The zero-order valence-corrected chi connectivity index (χ0v) is 16.7. The SMILES string of the molecule is CC1(C)CCC(C)(C)c2cc(-c3cncc(C4CCNCC4)c3)ccc21. The molecule has 2 heteroatoms. The normalized spacial score (nSPS) is 22.0. The largest absolute Gasteiger partial charge is 0.317 e. The summed E-state index contributed by atoms with van der Waals surface area (Å²) in [4.78, 5) is 4.59. The minimum Gasteiger partial charge on any atom is -0.317 e. The van der Waals surface area contributed by atoms with Gasteiger partial charge in [-0.1, -0.05) is 45.9 Å². The Balaban J connectivity index is 1.73. The quantitative estimate of drug-likeness (QED) is 0.768.